The lowest BCUT2D eigenvalue weighted by Crippen LogP contribution is -2.29. The fraction of sp³-hybridized carbons (Fsp3) is 0.542. The second kappa shape index (κ2) is 21.9. The molecule has 2 saturated heterocycles. The number of nitrogens with zero attached hydrogens (tertiary/aromatic N) is 2. The highest BCUT2D eigenvalue weighted by atomic mass is 16.5. The van der Waals surface area contributed by atoms with E-state index in [0.29, 0.717) is 13.1 Å². The van der Waals surface area contributed by atoms with Gasteiger partial charge in [-0.1, -0.05) is 104 Å². The lowest BCUT2D eigenvalue weighted by atomic mass is 9.93. The van der Waals surface area contributed by atoms with Gasteiger partial charge in [0.1, 0.15) is 11.6 Å². The quantitative estimate of drug-likeness (QED) is 0.125. The van der Waals surface area contributed by atoms with Gasteiger partial charge in [-0.2, -0.15) is 0 Å². The lowest BCUT2D eigenvalue weighted by molar-refractivity contribution is -0.124. The Morgan fingerprint density at radius 1 is 0.621 bits per heavy atom. The van der Waals surface area contributed by atoms with E-state index in [0.717, 1.165) is 122 Å². The van der Waals surface area contributed by atoms with E-state index in [1.54, 1.807) is 0 Å². The number of carbonyl (C=O) groups excluding carboxylic acids is 2. The molecule has 2 aromatic carbocycles. The summed E-state index contributed by atoms with van der Waals surface area (Å²) in [5, 5.41) is 6.15. The van der Waals surface area contributed by atoms with Crippen LogP contribution < -0.4 is 10.6 Å². The Kier molecular flexibility index (Phi) is 17.3. The molecular formula is C48H68N6O4. The van der Waals surface area contributed by atoms with Crippen LogP contribution in [0.15, 0.2) is 60.9 Å². The average Bonchev–Trinajstić information content (AvgIpc) is 3.91. The second-order valence-electron chi connectivity index (χ2n) is 17.0. The van der Waals surface area contributed by atoms with Crippen molar-refractivity contribution in [2.45, 2.75) is 107 Å². The van der Waals surface area contributed by atoms with Gasteiger partial charge in [0, 0.05) is 38.3 Å². The van der Waals surface area contributed by atoms with Crippen LogP contribution in [-0.4, -0.2) is 58.2 Å². The number of amides is 2. The number of ether oxygens (including phenoxy) is 2. The van der Waals surface area contributed by atoms with Crippen LogP contribution in [0.2, 0.25) is 0 Å². The highest BCUT2D eigenvalue weighted by molar-refractivity contribution is 5.83. The van der Waals surface area contributed by atoms with Gasteiger partial charge in [0.05, 0.1) is 36.9 Å². The topological polar surface area (TPSA) is 134 Å². The van der Waals surface area contributed by atoms with E-state index in [1.165, 1.54) is 0 Å². The summed E-state index contributed by atoms with van der Waals surface area (Å²) < 4.78 is 10.9. The van der Waals surface area contributed by atoms with Gasteiger partial charge in [-0.25, -0.2) is 9.97 Å². The minimum Gasteiger partial charge on any atom is -0.381 e. The summed E-state index contributed by atoms with van der Waals surface area (Å²) in [5.41, 5.74) is 6.49. The molecule has 8 rings (SSSR count). The van der Waals surface area contributed by atoms with Crippen molar-refractivity contribution in [1.29, 1.82) is 0 Å². The van der Waals surface area contributed by atoms with Crippen LogP contribution in [0.4, 0.5) is 0 Å². The number of carbonyl (C=O) groups is 2. The maximum Gasteiger partial charge on any atom is 0.224 e. The Labute approximate surface area is 347 Å². The van der Waals surface area contributed by atoms with Gasteiger partial charge < -0.3 is 30.1 Å². The van der Waals surface area contributed by atoms with Crippen molar-refractivity contribution in [3.05, 3.63) is 72.6 Å². The van der Waals surface area contributed by atoms with E-state index in [1.807, 2.05) is 26.2 Å². The highest BCUT2D eigenvalue weighted by Crippen LogP contribution is 2.60. The smallest absolute Gasteiger partial charge is 0.224 e. The molecule has 2 unspecified atom stereocenters. The fourth-order valence-electron chi connectivity index (χ4n) is 7.57. The van der Waals surface area contributed by atoms with Crippen LogP contribution in [0.25, 0.3) is 33.6 Å². The standard InChI is InChI=1S/C36H40N6O4.2C4H10.C2H6.C2H2/c43-33(27-17-35(27)9-13-45-14-10-35)39-21-31-37-19-29(41-31)25-5-1-23(2-6-25)24-3-7-26(8-4-24)30-20-38-32(42-30)22-40-34(44)28-18-36(28)11-15-46-16-12-36;2*1-4(2)3;2*1-2/h1-8,19-20,27-28H,9-18,21-22H2,(H,37,41)(H,38,42)(H,39,43)(H,40,44);2*4H,1-3H3;1-2H3;1-2H. The summed E-state index contributed by atoms with van der Waals surface area (Å²) in [6.07, 6.45) is 17.5. The first-order chi connectivity index (χ1) is 28.0. The number of benzene rings is 2. The highest BCUT2D eigenvalue weighted by Gasteiger charge is 2.58. The summed E-state index contributed by atoms with van der Waals surface area (Å²) in [7, 11) is 0. The molecule has 4 aromatic rings. The molecule has 0 radical (unpaired) electrons. The first-order valence-corrected chi connectivity index (χ1v) is 21.3. The number of hydrogen-bond acceptors (Lipinski definition) is 6. The van der Waals surface area contributed by atoms with Gasteiger partial charge in [-0.3, -0.25) is 9.59 Å². The monoisotopic (exact) mass is 793 g/mol. The summed E-state index contributed by atoms with van der Waals surface area (Å²) in [6, 6.07) is 16.8. The van der Waals surface area contributed by atoms with Gasteiger partial charge in [0.2, 0.25) is 11.8 Å². The number of hydrogen-bond donors (Lipinski definition) is 4. The summed E-state index contributed by atoms with van der Waals surface area (Å²) in [4.78, 5) is 41.1. The van der Waals surface area contributed by atoms with Gasteiger partial charge in [-0.15, -0.1) is 12.8 Å². The van der Waals surface area contributed by atoms with Crippen LogP contribution in [0.5, 0.6) is 0 Å². The molecule has 4 heterocycles. The average molecular weight is 793 g/mol. The first-order valence-electron chi connectivity index (χ1n) is 21.3. The van der Waals surface area contributed by atoms with E-state index in [2.05, 4.69) is 133 Å². The Bertz CT molecular complexity index is 1720. The number of aromatic nitrogens is 4. The van der Waals surface area contributed by atoms with Crippen molar-refractivity contribution >= 4 is 11.8 Å². The molecule has 4 fully saturated rings. The van der Waals surface area contributed by atoms with Gasteiger partial charge >= 0.3 is 0 Å². The molecule has 4 aliphatic rings. The van der Waals surface area contributed by atoms with Crippen LogP contribution >= 0.6 is 0 Å². The number of rotatable bonds is 9. The molecule has 2 aliphatic heterocycles. The molecule has 2 atom stereocenters. The van der Waals surface area contributed by atoms with Crippen molar-refractivity contribution in [3.63, 3.8) is 0 Å². The molecule has 2 aromatic heterocycles. The van der Waals surface area contributed by atoms with Gasteiger partial charge in [0.15, 0.2) is 0 Å². The van der Waals surface area contributed by atoms with Crippen LogP contribution in [0, 0.1) is 47.3 Å². The maximum absolute atomic E-state index is 12.7. The van der Waals surface area contributed by atoms with E-state index in [-0.39, 0.29) is 34.5 Å². The first kappa shape index (κ1) is 46.0. The molecule has 2 aliphatic carbocycles. The SMILES string of the molecule is C#C.CC.CC(C)C.CC(C)C.O=C(NCc1ncc(-c2ccc(-c3ccc(-c4cnc(CNC(=O)C5CC56CCOCC6)[nH]4)cc3)cc2)[nH]1)C1CC12CCOCC2. The van der Waals surface area contributed by atoms with E-state index in [4.69, 9.17) is 9.47 Å². The zero-order valence-corrected chi connectivity index (χ0v) is 36.3. The molecule has 10 nitrogen and oxygen atoms in total. The molecule has 10 heteroatoms. The summed E-state index contributed by atoms with van der Waals surface area (Å²) in [6.45, 7) is 20.9. The van der Waals surface area contributed by atoms with Crippen LogP contribution in [-0.2, 0) is 32.2 Å². The Hall–Kier alpha value is -4.72. The van der Waals surface area contributed by atoms with Crippen LogP contribution in [0.1, 0.15) is 106 Å². The molecule has 314 valence electrons. The predicted octanol–water partition coefficient (Wildman–Crippen LogP) is 9.60. The maximum atomic E-state index is 12.7. The van der Waals surface area contributed by atoms with E-state index >= 15 is 0 Å². The lowest BCUT2D eigenvalue weighted by Gasteiger charge is -2.22. The van der Waals surface area contributed by atoms with E-state index in [9.17, 15) is 9.59 Å². The minimum atomic E-state index is 0.112. The predicted molar refractivity (Wildman–Crippen MR) is 234 cm³/mol. The number of nitrogens with one attached hydrogen (secondary N) is 4. The normalized spacial score (nSPS) is 19.2. The van der Waals surface area contributed by atoms with E-state index < -0.39 is 0 Å². The number of aromatic amines is 2. The molecular weight excluding hydrogens is 725 g/mol. The Morgan fingerprint density at radius 2 is 0.914 bits per heavy atom. The summed E-state index contributed by atoms with van der Waals surface area (Å²) >= 11 is 0. The largest absolute Gasteiger partial charge is 0.381 e. The zero-order chi connectivity index (χ0) is 42.3. The minimum absolute atomic E-state index is 0.112. The molecule has 2 spiro atoms. The second-order valence-corrected chi connectivity index (χ2v) is 17.0. The third-order valence-corrected chi connectivity index (χ3v) is 10.8. The van der Waals surface area contributed by atoms with Crippen molar-refractivity contribution in [3.8, 4) is 46.5 Å². The van der Waals surface area contributed by atoms with Gasteiger partial charge in [0.25, 0.3) is 0 Å². The zero-order valence-electron chi connectivity index (χ0n) is 36.3. The molecule has 2 saturated carbocycles. The molecule has 4 N–H and O–H groups in total. The number of H-pyrrole nitrogens is 2. The third-order valence-electron chi connectivity index (χ3n) is 10.8. The number of imidazole rings is 2. The third kappa shape index (κ3) is 12.6. The number of terminal acetylenes is 1. The molecule has 2 amide bonds. The Balaban J connectivity index is 0.000000557. The van der Waals surface area contributed by atoms with Crippen molar-refractivity contribution in [2.75, 3.05) is 26.4 Å². The van der Waals surface area contributed by atoms with Crippen LogP contribution in [0.3, 0.4) is 0 Å². The van der Waals surface area contributed by atoms with Crippen molar-refractivity contribution in [1.82, 2.24) is 30.6 Å². The summed E-state index contributed by atoms with van der Waals surface area (Å²) in [5.74, 6) is 3.65. The Morgan fingerprint density at radius 3 is 1.22 bits per heavy atom. The van der Waals surface area contributed by atoms with Gasteiger partial charge in [-0.05, 0) is 83.4 Å². The fourth-order valence-corrected chi connectivity index (χ4v) is 7.57. The van der Waals surface area contributed by atoms with Crippen molar-refractivity contribution in [2.24, 2.45) is 34.5 Å². The molecule has 0 bridgehead atoms. The molecule has 58 heavy (non-hydrogen) atoms. The van der Waals surface area contributed by atoms with Crippen molar-refractivity contribution < 1.29 is 19.1 Å².